The third kappa shape index (κ3) is 5.81. The van der Waals surface area contributed by atoms with Gasteiger partial charge in [0.15, 0.2) is 0 Å². The Morgan fingerprint density at radius 1 is 1.25 bits per heavy atom. The molecule has 152 valence electrons. The van der Waals surface area contributed by atoms with Crippen LogP contribution >= 0.6 is 0 Å². The number of hydrogen-bond donors (Lipinski definition) is 2. The van der Waals surface area contributed by atoms with Crippen molar-refractivity contribution in [2.24, 2.45) is 0 Å². The number of hydrogen-bond acceptors (Lipinski definition) is 5. The molecule has 0 bridgehead atoms. The molecule has 0 aliphatic carbocycles. The molecule has 1 aromatic heterocycles. The number of unbranched alkanes of at least 4 members (excludes halogenated alkanes) is 1. The SMILES string of the molecule is O=S(=O)(O)CCCCN1CCNCC1C(c1ccccc1)c1cc(F)ccn1. The van der Waals surface area contributed by atoms with Crippen LogP contribution in [-0.2, 0) is 10.1 Å². The van der Waals surface area contributed by atoms with E-state index >= 15 is 0 Å². The second kappa shape index (κ2) is 9.56. The minimum Gasteiger partial charge on any atom is -0.314 e. The van der Waals surface area contributed by atoms with Gasteiger partial charge < -0.3 is 5.32 Å². The van der Waals surface area contributed by atoms with E-state index in [4.69, 9.17) is 4.55 Å². The Balaban J connectivity index is 1.82. The fourth-order valence-corrected chi connectivity index (χ4v) is 4.38. The normalized spacial score (nSPS) is 19.4. The molecule has 8 heteroatoms. The summed E-state index contributed by atoms with van der Waals surface area (Å²) in [6, 6.07) is 12.8. The van der Waals surface area contributed by atoms with Gasteiger partial charge in [-0.2, -0.15) is 8.42 Å². The van der Waals surface area contributed by atoms with E-state index < -0.39 is 10.1 Å². The highest BCUT2D eigenvalue weighted by atomic mass is 32.2. The summed E-state index contributed by atoms with van der Waals surface area (Å²) in [6.45, 7) is 3.10. The van der Waals surface area contributed by atoms with Crippen molar-refractivity contribution in [3.8, 4) is 0 Å². The number of benzene rings is 1. The van der Waals surface area contributed by atoms with Crippen LogP contribution in [0.25, 0.3) is 0 Å². The number of rotatable bonds is 8. The lowest BCUT2D eigenvalue weighted by Gasteiger charge is -2.41. The molecule has 0 saturated carbocycles. The molecular formula is C20H26FN3O3S. The molecule has 1 aromatic carbocycles. The molecule has 0 radical (unpaired) electrons. The molecule has 2 unspecified atom stereocenters. The smallest absolute Gasteiger partial charge is 0.264 e. The Morgan fingerprint density at radius 2 is 2.04 bits per heavy atom. The van der Waals surface area contributed by atoms with Crippen LogP contribution in [0.5, 0.6) is 0 Å². The zero-order valence-electron chi connectivity index (χ0n) is 15.7. The molecule has 1 saturated heterocycles. The van der Waals surface area contributed by atoms with Crippen molar-refractivity contribution >= 4 is 10.1 Å². The van der Waals surface area contributed by atoms with Crippen LogP contribution in [-0.4, -0.2) is 60.8 Å². The van der Waals surface area contributed by atoms with Crippen molar-refractivity contribution in [1.29, 1.82) is 0 Å². The van der Waals surface area contributed by atoms with Crippen molar-refractivity contribution in [3.63, 3.8) is 0 Å². The van der Waals surface area contributed by atoms with E-state index in [1.165, 1.54) is 18.3 Å². The highest BCUT2D eigenvalue weighted by molar-refractivity contribution is 7.85. The molecule has 0 amide bonds. The quantitative estimate of drug-likeness (QED) is 0.516. The summed E-state index contributed by atoms with van der Waals surface area (Å²) in [5.41, 5.74) is 1.75. The molecule has 2 atom stereocenters. The number of nitrogens with zero attached hydrogens (tertiary/aromatic N) is 2. The van der Waals surface area contributed by atoms with Crippen molar-refractivity contribution in [1.82, 2.24) is 15.2 Å². The number of aromatic nitrogens is 1. The van der Waals surface area contributed by atoms with Gasteiger partial charge in [0.1, 0.15) is 5.82 Å². The van der Waals surface area contributed by atoms with Gasteiger partial charge in [-0.05, 0) is 37.1 Å². The van der Waals surface area contributed by atoms with Crippen LogP contribution < -0.4 is 5.32 Å². The lowest BCUT2D eigenvalue weighted by molar-refractivity contribution is 0.144. The molecule has 0 spiro atoms. The lowest BCUT2D eigenvalue weighted by Crippen LogP contribution is -2.54. The maximum Gasteiger partial charge on any atom is 0.264 e. The minimum absolute atomic E-state index is 0.0659. The summed E-state index contributed by atoms with van der Waals surface area (Å²) >= 11 is 0. The Kier molecular flexibility index (Phi) is 7.12. The molecule has 28 heavy (non-hydrogen) atoms. The van der Waals surface area contributed by atoms with Gasteiger partial charge in [-0.1, -0.05) is 30.3 Å². The maximum atomic E-state index is 13.9. The number of halogens is 1. The Morgan fingerprint density at radius 3 is 2.75 bits per heavy atom. The monoisotopic (exact) mass is 407 g/mol. The first kappa shape index (κ1) is 20.9. The van der Waals surface area contributed by atoms with Gasteiger partial charge in [0.25, 0.3) is 10.1 Å². The average Bonchev–Trinajstić information content (AvgIpc) is 2.67. The Hall–Kier alpha value is -1.87. The minimum atomic E-state index is -3.93. The van der Waals surface area contributed by atoms with E-state index in [1.807, 2.05) is 30.3 Å². The summed E-state index contributed by atoms with van der Waals surface area (Å²) in [6.07, 6.45) is 2.56. The molecule has 2 heterocycles. The summed E-state index contributed by atoms with van der Waals surface area (Å²) in [4.78, 5) is 6.76. The van der Waals surface area contributed by atoms with E-state index in [0.717, 1.165) is 25.2 Å². The van der Waals surface area contributed by atoms with Crippen molar-refractivity contribution < 1.29 is 17.4 Å². The number of pyridine rings is 1. The first-order chi connectivity index (χ1) is 13.4. The van der Waals surface area contributed by atoms with E-state index in [-0.39, 0.29) is 23.5 Å². The lowest BCUT2D eigenvalue weighted by atomic mass is 9.86. The summed E-state index contributed by atoms with van der Waals surface area (Å²) < 4.78 is 44.7. The molecule has 2 N–H and O–H groups in total. The van der Waals surface area contributed by atoms with E-state index in [2.05, 4.69) is 15.2 Å². The van der Waals surface area contributed by atoms with Gasteiger partial charge in [0.2, 0.25) is 0 Å². The average molecular weight is 408 g/mol. The predicted molar refractivity (Wildman–Crippen MR) is 106 cm³/mol. The molecule has 6 nitrogen and oxygen atoms in total. The van der Waals surface area contributed by atoms with Gasteiger partial charge in [-0.25, -0.2) is 4.39 Å². The topological polar surface area (TPSA) is 82.5 Å². The highest BCUT2D eigenvalue weighted by Gasteiger charge is 2.32. The van der Waals surface area contributed by atoms with Gasteiger partial charge in [0, 0.05) is 37.8 Å². The van der Waals surface area contributed by atoms with Gasteiger partial charge in [0.05, 0.1) is 11.4 Å². The second-order valence-electron chi connectivity index (χ2n) is 7.09. The highest BCUT2D eigenvalue weighted by Crippen LogP contribution is 2.31. The number of nitrogens with one attached hydrogen (secondary N) is 1. The maximum absolute atomic E-state index is 13.9. The van der Waals surface area contributed by atoms with E-state index in [0.29, 0.717) is 25.1 Å². The standard InChI is InChI=1S/C20H26FN3O3S/c21-17-8-9-23-18(14-17)20(16-6-2-1-3-7-16)19-15-22-10-12-24(19)11-4-5-13-28(25,26)27/h1-3,6-9,14,19-20,22H,4-5,10-13,15H2,(H,25,26,27). The molecular weight excluding hydrogens is 381 g/mol. The van der Waals surface area contributed by atoms with Crippen LogP contribution in [0.3, 0.4) is 0 Å². The van der Waals surface area contributed by atoms with Gasteiger partial charge in [-0.15, -0.1) is 0 Å². The summed E-state index contributed by atoms with van der Waals surface area (Å²) in [7, 11) is -3.93. The molecule has 2 aromatic rings. The van der Waals surface area contributed by atoms with Gasteiger partial charge >= 0.3 is 0 Å². The zero-order valence-corrected chi connectivity index (χ0v) is 16.5. The molecule has 1 fully saturated rings. The first-order valence-corrected chi connectivity index (χ1v) is 11.1. The van der Waals surface area contributed by atoms with Gasteiger partial charge in [-0.3, -0.25) is 14.4 Å². The van der Waals surface area contributed by atoms with Crippen LogP contribution in [0.1, 0.15) is 30.0 Å². The third-order valence-electron chi connectivity index (χ3n) is 5.10. The Labute approximate surface area is 165 Å². The van der Waals surface area contributed by atoms with E-state index in [1.54, 1.807) is 0 Å². The summed E-state index contributed by atoms with van der Waals surface area (Å²) in [5.74, 6) is -0.641. The third-order valence-corrected chi connectivity index (χ3v) is 5.91. The zero-order chi connectivity index (χ0) is 20.0. The molecule has 1 aliphatic heterocycles. The largest absolute Gasteiger partial charge is 0.314 e. The second-order valence-corrected chi connectivity index (χ2v) is 8.66. The van der Waals surface area contributed by atoms with Crippen molar-refractivity contribution in [2.75, 3.05) is 31.9 Å². The first-order valence-electron chi connectivity index (χ1n) is 9.50. The van der Waals surface area contributed by atoms with Crippen LogP contribution in [0.4, 0.5) is 4.39 Å². The van der Waals surface area contributed by atoms with Crippen LogP contribution in [0.15, 0.2) is 48.7 Å². The Bertz CT molecular complexity index is 864. The number of piperazine rings is 1. The fourth-order valence-electron chi connectivity index (χ4n) is 3.81. The van der Waals surface area contributed by atoms with Crippen molar-refractivity contribution in [2.45, 2.75) is 24.8 Å². The molecule has 3 rings (SSSR count). The molecule has 1 aliphatic rings. The van der Waals surface area contributed by atoms with Crippen LogP contribution in [0, 0.1) is 5.82 Å². The fraction of sp³-hybridized carbons (Fsp3) is 0.450. The van der Waals surface area contributed by atoms with Crippen LogP contribution in [0.2, 0.25) is 0 Å². The summed E-state index contributed by atoms with van der Waals surface area (Å²) in [5, 5.41) is 3.42. The predicted octanol–water partition coefficient (Wildman–Crippen LogP) is 2.29. The van der Waals surface area contributed by atoms with Crippen molar-refractivity contribution in [3.05, 3.63) is 65.7 Å². The van der Waals surface area contributed by atoms with E-state index in [9.17, 15) is 12.8 Å².